The Bertz CT molecular complexity index is 986. The number of rotatable bonds is 8. The van der Waals surface area contributed by atoms with Crippen LogP contribution in [0.4, 0.5) is 8.78 Å². The van der Waals surface area contributed by atoms with Gasteiger partial charge >= 0.3 is 0 Å². The van der Waals surface area contributed by atoms with E-state index in [1.807, 2.05) is 19.1 Å². The molecule has 0 aromatic heterocycles. The zero-order valence-electron chi connectivity index (χ0n) is 19.2. The van der Waals surface area contributed by atoms with Gasteiger partial charge in [-0.05, 0) is 38.0 Å². The van der Waals surface area contributed by atoms with E-state index in [1.165, 1.54) is 13.0 Å². The first-order valence-corrected chi connectivity index (χ1v) is 11.0. The van der Waals surface area contributed by atoms with Crippen LogP contribution in [-0.2, 0) is 19.7 Å². The topological polar surface area (TPSA) is 76.7 Å². The van der Waals surface area contributed by atoms with Gasteiger partial charge in [0.2, 0.25) is 11.8 Å². The van der Waals surface area contributed by atoms with Gasteiger partial charge in [0.25, 0.3) is 0 Å². The van der Waals surface area contributed by atoms with Gasteiger partial charge in [-0.1, -0.05) is 23.8 Å². The molecule has 6 nitrogen and oxygen atoms in total. The fourth-order valence-electron chi connectivity index (χ4n) is 4.38. The summed E-state index contributed by atoms with van der Waals surface area (Å²) in [5.41, 5.74) is 1.33. The Morgan fingerprint density at radius 3 is 2.42 bits per heavy atom. The summed E-state index contributed by atoms with van der Waals surface area (Å²) in [6.07, 6.45) is 1.07. The van der Waals surface area contributed by atoms with E-state index in [9.17, 15) is 18.4 Å². The molecular formula is C25H30F2N2O4. The Labute approximate surface area is 192 Å². The van der Waals surface area contributed by atoms with Gasteiger partial charge in [-0.2, -0.15) is 0 Å². The third kappa shape index (κ3) is 5.87. The number of benzene rings is 2. The van der Waals surface area contributed by atoms with Crippen LogP contribution in [0.15, 0.2) is 36.4 Å². The summed E-state index contributed by atoms with van der Waals surface area (Å²) < 4.78 is 39.8. The molecule has 8 heteroatoms. The van der Waals surface area contributed by atoms with Gasteiger partial charge in [0, 0.05) is 43.2 Å². The Balaban J connectivity index is 1.81. The standard InChI is InChI=1S/C25H30F2N2O4/c1-16-7-8-22(32-3)18(13-16)25(9-11-33-12-10-25)15-28-23(31)14-21(29-17(2)30)24-19(26)5-4-6-20(24)27/h4-8,13,21H,9-12,14-15H2,1-3H3,(H,28,31)(H,29,30). The van der Waals surface area contributed by atoms with Crippen LogP contribution < -0.4 is 15.4 Å². The van der Waals surface area contributed by atoms with Crippen molar-refractivity contribution in [1.82, 2.24) is 10.6 Å². The molecule has 0 bridgehead atoms. The van der Waals surface area contributed by atoms with Crippen molar-refractivity contribution in [3.8, 4) is 5.75 Å². The quantitative estimate of drug-likeness (QED) is 0.630. The van der Waals surface area contributed by atoms with Crippen LogP contribution in [0.1, 0.15) is 48.9 Å². The van der Waals surface area contributed by atoms with Gasteiger partial charge in [0.05, 0.1) is 19.6 Å². The zero-order chi connectivity index (χ0) is 24.0. The summed E-state index contributed by atoms with van der Waals surface area (Å²) in [6, 6.07) is 8.27. The minimum absolute atomic E-state index is 0.297. The van der Waals surface area contributed by atoms with E-state index in [0.717, 1.165) is 29.0 Å². The molecule has 0 aliphatic carbocycles. The number of methoxy groups -OCH3 is 1. The van der Waals surface area contributed by atoms with Crippen LogP contribution >= 0.6 is 0 Å². The normalized spacial score (nSPS) is 16.0. The molecule has 1 heterocycles. The van der Waals surface area contributed by atoms with Crippen molar-refractivity contribution >= 4 is 11.8 Å². The number of amides is 2. The second kappa shape index (κ2) is 10.7. The summed E-state index contributed by atoms with van der Waals surface area (Å²) in [6.45, 7) is 4.63. The van der Waals surface area contributed by atoms with Gasteiger partial charge in [0.1, 0.15) is 17.4 Å². The van der Waals surface area contributed by atoms with E-state index in [0.29, 0.717) is 32.6 Å². The maximum absolute atomic E-state index is 14.3. The van der Waals surface area contributed by atoms with Crippen molar-refractivity contribution in [2.45, 2.75) is 44.6 Å². The molecule has 178 valence electrons. The maximum atomic E-state index is 14.3. The molecule has 1 unspecified atom stereocenters. The lowest BCUT2D eigenvalue weighted by Crippen LogP contribution is -2.45. The number of carbonyl (C=O) groups excluding carboxylic acids is 2. The third-order valence-electron chi connectivity index (χ3n) is 6.12. The lowest BCUT2D eigenvalue weighted by atomic mass is 9.73. The lowest BCUT2D eigenvalue weighted by Gasteiger charge is -2.39. The second-order valence-corrected chi connectivity index (χ2v) is 8.47. The van der Waals surface area contributed by atoms with Crippen LogP contribution in [0.2, 0.25) is 0 Å². The Kier molecular flexibility index (Phi) is 8.02. The molecule has 33 heavy (non-hydrogen) atoms. The van der Waals surface area contributed by atoms with E-state index in [4.69, 9.17) is 9.47 Å². The molecule has 0 spiro atoms. The molecule has 1 aliphatic heterocycles. The molecule has 3 rings (SSSR count). The molecule has 1 atom stereocenters. The highest BCUT2D eigenvalue weighted by Crippen LogP contribution is 2.40. The van der Waals surface area contributed by atoms with E-state index in [2.05, 4.69) is 16.7 Å². The van der Waals surface area contributed by atoms with Crippen molar-refractivity contribution < 1.29 is 27.8 Å². The molecular weight excluding hydrogens is 430 g/mol. The maximum Gasteiger partial charge on any atom is 0.222 e. The smallest absolute Gasteiger partial charge is 0.222 e. The highest BCUT2D eigenvalue weighted by atomic mass is 19.1. The third-order valence-corrected chi connectivity index (χ3v) is 6.12. The second-order valence-electron chi connectivity index (χ2n) is 8.47. The van der Waals surface area contributed by atoms with Crippen molar-refractivity contribution in [2.24, 2.45) is 0 Å². The van der Waals surface area contributed by atoms with Crippen LogP contribution in [0.25, 0.3) is 0 Å². The number of nitrogens with one attached hydrogen (secondary N) is 2. The van der Waals surface area contributed by atoms with Gasteiger partial charge in [-0.3, -0.25) is 9.59 Å². The summed E-state index contributed by atoms with van der Waals surface area (Å²) in [5, 5.41) is 5.42. The highest BCUT2D eigenvalue weighted by Gasteiger charge is 2.37. The average Bonchev–Trinajstić information content (AvgIpc) is 2.78. The van der Waals surface area contributed by atoms with E-state index in [1.54, 1.807) is 7.11 Å². The molecule has 1 aliphatic rings. The van der Waals surface area contributed by atoms with Gasteiger partial charge < -0.3 is 20.1 Å². The zero-order valence-corrected chi connectivity index (χ0v) is 19.2. The van der Waals surface area contributed by atoms with Gasteiger partial charge in [0.15, 0.2) is 0 Å². The number of hydrogen-bond donors (Lipinski definition) is 2. The first-order valence-electron chi connectivity index (χ1n) is 11.0. The monoisotopic (exact) mass is 460 g/mol. The van der Waals surface area contributed by atoms with E-state index < -0.39 is 34.9 Å². The van der Waals surface area contributed by atoms with Crippen LogP contribution in [-0.4, -0.2) is 38.7 Å². The summed E-state index contributed by atoms with van der Waals surface area (Å²) in [4.78, 5) is 24.6. The fraction of sp³-hybridized carbons (Fsp3) is 0.440. The minimum Gasteiger partial charge on any atom is -0.496 e. The first kappa shape index (κ1) is 24.6. The number of ether oxygens (including phenoxy) is 2. The lowest BCUT2D eigenvalue weighted by molar-refractivity contribution is -0.123. The van der Waals surface area contributed by atoms with Crippen molar-refractivity contribution in [2.75, 3.05) is 26.9 Å². The molecule has 1 saturated heterocycles. The van der Waals surface area contributed by atoms with Crippen LogP contribution in [0, 0.1) is 18.6 Å². The Morgan fingerprint density at radius 2 is 1.82 bits per heavy atom. The molecule has 2 amide bonds. The summed E-state index contributed by atoms with van der Waals surface area (Å²) in [7, 11) is 1.61. The predicted molar refractivity (Wildman–Crippen MR) is 120 cm³/mol. The number of hydrogen-bond acceptors (Lipinski definition) is 4. The highest BCUT2D eigenvalue weighted by molar-refractivity contribution is 5.79. The number of aryl methyl sites for hydroxylation is 1. The first-order chi connectivity index (χ1) is 15.8. The van der Waals surface area contributed by atoms with Crippen LogP contribution in [0.5, 0.6) is 5.75 Å². The van der Waals surface area contributed by atoms with E-state index >= 15 is 0 Å². The molecule has 0 saturated carbocycles. The van der Waals surface area contributed by atoms with E-state index in [-0.39, 0.29) is 12.0 Å². The van der Waals surface area contributed by atoms with Crippen molar-refractivity contribution in [3.05, 3.63) is 64.7 Å². The Hall–Kier alpha value is -3.00. The van der Waals surface area contributed by atoms with Gasteiger partial charge in [-0.25, -0.2) is 8.78 Å². The average molecular weight is 461 g/mol. The number of halogens is 2. The van der Waals surface area contributed by atoms with Crippen LogP contribution in [0.3, 0.4) is 0 Å². The Morgan fingerprint density at radius 1 is 1.15 bits per heavy atom. The largest absolute Gasteiger partial charge is 0.496 e. The minimum atomic E-state index is -1.12. The molecule has 0 radical (unpaired) electrons. The predicted octanol–water partition coefficient (Wildman–Crippen LogP) is 3.71. The molecule has 2 N–H and O–H groups in total. The van der Waals surface area contributed by atoms with Crippen molar-refractivity contribution in [3.63, 3.8) is 0 Å². The van der Waals surface area contributed by atoms with Crippen molar-refractivity contribution in [1.29, 1.82) is 0 Å². The molecule has 2 aromatic carbocycles. The molecule has 2 aromatic rings. The fourth-order valence-corrected chi connectivity index (χ4v) is 4.38. The number of carbonyl (C=O) groups is 2. The van der Waals surface area contributed by atoms with Gasteiger partial charge in [-0.15, -0.1) is 0 Å². The summed E-state index contributed by atoms with van der Waals surface area (Å²) in [5.74, 6) is -1.80. The molecule has 1 fully saturated rings. The summed E-state index contributed by atoms with van der Waals surface area (Å²) >= 11 is 0. The SMILES string of the molecule is COc1ccc(C)cc1C1(CNC(=O)CC(NC(C)=O)c2c(F)cccc2F)CCOCC1.